The second-order valence-corrected chi connectivity index (χ2v) is 7.31. The molecule has 4 rings (SSSR count). The van der Waals surface area contributed by atoms with E-state index in [1.807, 2.05) is 55.5 Å². The van der Waals surface area contributed by atoms with Crippen LogP contribution in [0, 0.1) is 6.92 Å². The molecule has 1 N–H and O–H groups in total. The summed E-state index contributed by atoms with van der Waals surface area (Å²) in [6, 6.07) is 18.6. The third-order valence-corrected chi connectivity index (χ3v) is 4.66. The van der Waals surface area contributed by atoms with Gasteiger partial charge < -0.3 is 14.5 Å². The molecule has 0 bridgehead atoms. The summed E-state index contributed by atoms with van der Waals surface area (Å²) in [5.41, 5.74) is 2.76. The standard InChI is InChI=1S/C23H20ClN3O3/c1-16-3-2-4-20(11-16)29-15-21-9-10-22(30-21)23(28)26-19-12-25-27(14-19)13-17-5-7-18(24)8-6-17/h2-12,14H,13,15H2,1H3,(H,26,28). The van der Waals surface area contributed by atoms with Crippen LogP contribution in [0.15, 0.2) is 77.5 Å². The molecule has 0 atom stereocenters. The number of hydrogen-bond acceptors (Lipinski definition) is 4. The van der Waals surface area contributed by atoms with E-state index in [4.69, 9.17) is 20.8 Å². The summed E-state index contributed by atoms with van der Waals surface area (Å²) in [5.74, 6) is 1.19. The van der Waals surface area contributed by atoms with Gasteiger partial charge in [-0.25, -0.2) is 0 Å². The number of furan rings is 1. The van der Waals surface area contributed by atoms with Crippen LogP contribution in [-0.4, -0.2) is 15.7 Å². The predicted octanol–water partition coefficient (Wildman–Crippen LogP) is 5.32. The lowest BCUT2D eigenvalue weighted by molar-refractivity contribution is 0.0992. The van der Waals surface area contributed by atoms with E-state index in [0.29, 0.717) is 23.0 Å². The van der Waals surface area contributed by atoms with Crippen molar-refractivity contribution < 1.29 is 13.9 Å². The van der Waals surface area contributed by atoms with Crippen LogP contribution in [0.5, 0.6) is 5.75 Å². The van der Waals surface area contributed by atoms with Gasteiger partial charge in [-0.15, -0.1) is 0 Å². The Morgan fingerprint density at radius 2 is 2.00 bits per heavy atom. The van der Waals surface area contributed by atoms with Gasteiger partial charge in [-0.2, -0.15) is 5.10 Å². The number of nitrogens with zero attached hydrogens (tertiary/aromatic N) is 2. The minimum Gasteiger partial charge on any atom is -0.486 e. The zero-order valence-corrected chi connectivity index (χ0v) is 17.1. The van der Waals surface area contributed by atoms with E-state index in [1.165, 1.54) is 0 Å². The van der Waals surface area contributed by atoms with Crippen LogP contribution >= 0.6 is 11.6 Å². The normalized spacial score (nSPS) is 10.7. The Hall–Kier alpha value is -3.51. The van der Waals surface area contributed by atoms with Crippen LogP contribution < -0.4 is 10.1 Å². The number of halogens is 1. The number of amides is 1. The van der Waals surface area contributed by atoms with E-state index >= 15 is 0 Å². The molecule has 0 aliphatic heterocycles. The molecule has 0 saturated heterocycles. The lowest BCUT2D eigenvalue weighted by Crippen LogP contribution is -2.10. The van der Waals surface area contributed by atoms with Crippen molar-refractivity contribution in [2.24, 2.45) is 0 Å². The van der Waals surface area contributed by atoms with Gasteiger partial charge in [0.15, 0.2) is 5.76 Å². The van der Waals surface area contributed by atoms with Gasteiger partial charge in [0, 0.05) is 11.2 Å². The van der Waals surface area contributed by atoms with Crippen LogP contribution in [0.1, 0.15) is 27.4 Å². The zero-order valence-electron chi connectivity index (χ0n) is 16.3. The molecule has 0 aliphatic rings. The number of rotatable bonds is 7. The number of anilines is 1. The zero-order chi connectivity index (χ0) is 20.9. The first-order valence-corrected chi connectivity index (χ1v) is 9.79. The number of benzene rings is 2. The highest BCUT2D eigenvalue weighted by Gasteiger charge is 2.13. The van der Waals surface area contributed by atoms with Crippen molar-refractivity contribution in [1.29, 1.82) is 0 Å². The summed E-state index contributed by atoms with van der Waals surface area (Å²) < 4.78 is 13.0. The van der Waals surface area contributed by atoms with Gasteiger partial charge in [0.25, 0.3) is 5.91 Å². The molecule has 2 aromatic carbocycles. The van der Waals surface area contributed by atoms with Crippen LogP contribution in [0.25, 0.3) is 0 Å². The molecule has 2 aromatic heterocycles. The highest BCUT2D eigenvalue weighted by Crippen LogP contribution is 2.17. The minimum absolute atomic E-state index is 0.211. The van der Waals surface area contributed by atoms with Crippen molar-refractivity contribution in [3.8, 4) is 5.75 Å². The molecule has 6 nitrogen and oxygen atoms in total. The van der Waals surface area contributed by atoms with Crippen LogP contribution in [0.3, 0.4) is 0 Å². The topological polar surface area (TPSA) is 69.3 Å². The fraction of sp³-hybridized carbons (Fsp3) is 0.130. The SMILES string of the molecule is Cc1cccc(OCc2ccc(C(=O)Nc3cnn(Cc4ccc(Cl)cc4)c3)o2)c1. The minimum atomic E-state index is -0.345. The summed E-state index contributed by atoms with van der Waals surface area (Å²) in [6.07, 6.45) is 3.36. The van der Waals surface area contributed by atoms with E-state index in [1.54, 1.807) is 29.2 Å². The van der Waals surface area contributed by atoms with Crippen molar-refractivity contribution in [2.45, 2.75) is 20.1 Å². The maximum Gasteiger partial charge on any atom is 0.291 e. The third kappa shape index (κ3) is 5.10. The Morgan fingerprint density at radius 1 is 1.17 bits per heavy atom. The monoisotopic (exact) mass is 421 g/mol. The number of aryl methyl sites for hydroxylation is 1. The quantitative estimate of drug-likeness (QED) is 0.438. The van der Waals surface area contributed by atoms with Crippen molar-refractivity contribution in [3.63, 3.8) is 0 Å². The van der Waals surface area contributed by atoms with Crippen molar-refractivity contribution >= 4 is 23.2 Å². The third-order valence-electron chi connectivity index (χ3n) is 4.41. The Labute approximate surface area is 179 Å². The number of ether oxygens (including phenoxy) is 1. The molecular formula is C23H20ClN3O3. The van der Waals surface area contributed by atoms with Crippen molar-refractivity contribution in [1.82, 2.24) is 9.78 Å². The maximum atomic E-state index is 12.5. The fourth-order valence-electron chi connectivity index (χ4n) is 2.92. The summed E-state index contributed by atoms with van der Waals surface area (Å²) in [5, 5.41) is 7.75. The maximum absolute atomic E-state index is 12.5. The van der Waals surface area contributed by atoms with E-state index < -0.39 is 0 Å². The Morgan fingerprint density at radius 3 is 2.80 bits per heavy atom. The number of aromatic nitrogens is 2. The molecule has 7 heteroatoms. The number of carbonyl (C=O) groups excluding carboxylic acids is 1. The first-order valence-electron chi connectivity index (χ1n) is 9.41. The van der Waals surface area contributed by atoms with E-state index in [9.17, 15) is 4.79 Å². The van der Waals surface area contributed by atoms with Crippen molar-refractivity contribution in [3.05, 3.63) is 101 Å². The molecule has 2 heterocycles. The Bertz CT molecular complexity index is 1150. The molecule has 0 radical (unpaired) electrons. The van der Waals surface area contributed by atoms with Gasteiger partial charge >= 0.3 is 0 Å². The smallest absolute Gasteiger partial charge is 0.291 e. The second kappa shape index (κ2) is 8.88. The number of carbonyl (C=O) groups is 1. The molecule has 0 fully saturated rings. The number of hydrogen-bond donors (Lipinski definition) is 1. The lowest BCUT2D eigenvalue weighted by atomic mass is 10.2. The molecule has 0 saturated carbocycles. The first-order chi connectivity index (χ1) is 14.5. The fourth-order valence-corrected chi connectivity index (χ4v) is 3.05. The van der Waals surface area contributed by atoms with E-state index in [-0.39, 0.29) is 18.3 Å². The van der Waals surface area contributed by atoms with Gasteiger partial charge in [0.05, 0.1) is 18.4 Å². The lowest BCUT2D eigenvalue weighted by Gasteiger charge is -2.04. The summed E-state index contributed by atoms with van der Waals surface area (Å²) in [6.45, 7) is 2.82. The highest BCUT2D eigenvalue weighted by atomic mass is 35.5. The molecule has 0 unspecified atom stereocenters. The largest absolute Gasteiger partial charge is 0.486 e. The van der Waals surface area contributed by atoms with Gasteiger partial charge in [0.2, 0.25) is 0 Å². The van der Waals surface area contributed by atoms with Gasteiger partial charge in [-0.3, -0.25) is 9.48 Å². The van der Waals surface area contributed by atoms with Gasteiger partial charge in [0.1, 0.15) is 18.1 Å². The predicted molar refractivity (Wildman–Crippen MR) is 115 cm³/mol. The van der Waals surface area contributed by atoms with Crippen LogP contribution in [-0.2, 0) is 13.2 Å². The molecular weight excluding hydrogens is 402 g/mol. The molecule has 4 aromatic rings. The molecule has 30 heavy (non-hydrogen) atoms. The Kier molecular flexibility index (Phi) is 5.86. The molecule has 0 spiro atoms. The second-order valence-electron chi connectivity index (χ2n) is 6.88. The van der Waals surface area contributed by atoms with E-state index in [0.717, 1.165) is 16.9 Å². The summed E-state index contributed by atoms with van der Waals surface area (Å²) in [4.78, 5) is 12.5. The average Bonchev–Trinajstić information content (AvgIpc) is 3.38. The average molecular weight is 422 g/mol. The first kappa shape index (κ1) is 19.8. The Balaban J connectivity index is 1.33. The van der Waals surface area contributed by atoms with E-state index in [2.05, 4.69) is 10.4 Å². The van der Waals surface area contributed by atoms with Crippen LogP contribution in [0.4, 0.5) is 5.69 Å². The van der Waals surface area contributed by atoms with Crippen LogP contribution in [0.2, 0.25) is 5.02 Å². The molecule has 1 amide bonds. The molecule has 0 aliphatic carbocycles. The highest BCUT2D eigenvalue weighted by molar-refractivity contribution is 6.30. The van der Waals surface area contributed by atoms with Crippen molar-refractivity contribution in [2.75, 3.05) is 5.32 Å². The summed E-state index contributed by atoms with van der Waals surface area (Å²) in [7, 11) is 0. The van der Waals surface area contributed by atoms with Gasteiger partial charge in [-0.05, 0) is 54.4 Å². The summed E-state index contributed by atoms with van der Waals surface area (Å²) >= 11 is 5.91. The molecule has 152 valence electrons. The number of nitrogens with one attached hydrogen (secondary N) is 1. The van der Waals surface area contributed by atoms with Gasteiger partial charge in [-0.1, -0.05) is 35.9 Å².